The summed E-state index contributed by atoms with van der Waals surface area (Å²) in [4.78, 5) is 28.7. The van der Waals surface area contributed by atoms with E-state index < -0.39 is 18.0 Å². The van der Waals surface area contributed by atoms with Gasteiger partial charge in [-0.2, -0.15) is 0 Å². The van der Waals surface area contributed by atoms with Gasteiger partial charge in [0.2, 0.25) is 0 Å². The van der Waals surface area contributed by atoms with Crippen LogP contribution in [0.3, 0.4) is 0 Å². The largest absolute Gasteiger partial charge is 0.457 e. The Morgan fingerprint density at radius 1 is 1.21 bits per heavy atom. The molecule has 124 valence electrons. The van der Waals surface area contributed by atoms with Crippen LogP contribution in [0, 0.1) is 0 Å². The Morgan fingerprint density at radius 3 is 2.67 bits per heavy atom. The van der Waals surface area contributed by atoms with Gasteiger partial charge in [0.25, 0.3) is 5.91 Å². The van der Waals surface area contributed by atoms with Crippen LogP contribution < -0.4 is 20.9 Å². The number of rotatable bonds is 3. The fourth-order valence-electron chi connectivity index (χ4n) is 2.43. The minimum absolute atomic E-state index is 0.341. The van der Waals surface area contributed by atoms with Gasteiger partial charge in [0, 0.05) is 7.05 Å². The number of fused-ring (bicyclic) bond motifs is 1. The van der Waals surface area contributed by atoms with Crippen molar-refractivity contribution in [1.29, 1.82) is 0 Å². The van der Waals surface area contributed by atoms with Crippen molar-refractivity contribution in [2.24, 2.45) is 5.73 Å². The average molecular weight is 327 g/mol. The Bertz CT molecular complexity index is 764. The van der Waals surface area contributed by atoms with Crippen LogP contribution in [0.25, 0.3) is 0 Å². The van der Waals surface area contributed by atoms with Crippen LogP contribution >= 0.6 is 0 Å². The predicted molar refractivity (Wildman–Crippen MR) is 87.7 cm³/mol. The molecule has 2 aromatic rings. The van der Waals surface area contributed by atoms with Crippen molar-refractivity contribution in [3.8, 4) is 11.5 Å². The highest BCUT2D eigenvalue weighted by molar-refractivity contribution is 5.99. The number of carbonyl (C=O) groups excluding carboxylic acids is 2. The molecule has 0 bridgehead atoms. The zero-order valence-corrected chi connectivity index (χ0v) is 13.1. The molecule has 3 rings (SSSR count). The van der Waals surface area contributed by atoms with Crippen molar-refractivity contribution in [3.05, 3.63) is 54.1 Å². The molecule has 0 fully saturated rings. The van der Waals surface area contributed by atoms with E-state index in [9.17, 15) is 9.59 Å². The first kappa shape index (κ1) is 15.8. The Morgan fingerprint density at radius 2 is 1.96 bits per heavy atom. The molecule has 0 saturated heterocycles. The monoisotopic (exact) mass is 327 g/mol. The first-order chi connectivity index (χ1) is 11.6. The van der Waals surface area contributed by atoms with Gasteiger partial charge in [0.15, 0.2) is 0 Å². The molecule has 24 heavy (non-hydrogen) atoms. The highest BCUT2D eigenvalue weighted by Gasteiger charge is 2.33. The van der Waals surface area contributed by atoms with Crippen molar-refractivity contribution in [2.45, 2.75) is 12.5 Å². The van der Waals surface area contributed by atoms with Gasteiger partial charge in [-0.3, -0.25) is 4.79 Å². The van der Waals surface area contributed by atoms with Crippen LogP contribution in [-0.4, -0.2) is 25.1 Å². The third-order valence-electron chi connectivity index (χ3n) is 3.58. The van der Waals surface area contributed by atoms with Crippen LogP contribution in [0.15, 0.2) is 48.5 Å². The number of amides is 2. The second-order valence-electron chi connectivity index (χ2n) is 5.28. The Hall–Kier alpha value is -3.06. The fraction of sp³-hybridized carbons (Fsp3) is 0.176. The summed E-state index contributed by atoms with van der Waals surface area (Å²) in [6, 6.07) is 13.7. The smallest absolute Gasteiger partial charge is 0.431 e. The van der Waals surface area contributed by atoms with Gasteiger partial charge in [0.1, 0.15) is 11.5 Å². The van der Waals surface area contributed by atoms with Crippen LogP contribution in [0.4, 0.5) is 10.5 Å². The molecule has 2 amide bonds. The van der Waals surface area contributed by atoms with Gasteiger partial charge in [-0.15, -0.1) is 5.06 Å². The first-order valence-electron chi connectivity index (χ1n) is 7.43. The maximum atomic E-state index is 12.2. The average Bonchev–Trinajstić information content (AvgIpc) is 2.59. The third kappa shape index (κ3) is 3.16. The lowest BCUT2D eigenvalue weighted by Crippen LogP contribution is -2.50. The number of benzene rings is 2. The van der Waals surface area contributed by atoms with E-state index in [1.807, 2.05) is 30.3 Å². The predicted octanol–water partition coefficient (Wildman–Crippen LogP) is 1.97. The zero-order valence-electron chi connectivity index (χ0n) is 13.1. The molecular weight excluding hydrogens is 310 g/mol. The third-order valence-corrected chi connectivity index (χ3v) is 3.58. The minimum atomic E-state index is -0.783. The zero-order chi connectivity index (χ0) is 17.1. The van der Waals surface area contributed by atoms with E-state index in [0.29, 0.717) is 23.6 Å². The first-order valence-corrected chi connectivity index (χ1v) is 7.43. The molecule has 7 heteroatoms. The van der Waals surface area contributed by atoms with E-state index in [1.165, 1.54) is 7.05 Å². The van der Waals surface area contributed by atoms with Crippen molar-refractivity contribution < 1.29 is 19.2 Å². The molecular formula is C17H17N3O4. The molecule has 1 heterocycles. The number of hydrogen-bond acceptors (Lipinski definition) is 5. The molecule has 1 aliphatic rings. The van der Waals surface area contributed by atoms with E-state index in [4.69, 9.17) is 15.3 Å². The molecule has 0 spiro atoms. The number of nitrogens with one attached hydrogen (secondary N) is 1. The van der Waals surface area contributed by atoms with Crippen LogP contribution in [-0.2, 0) is 16.1 Å². The number of nitrogens with two attached hydrogens (primary N) is 1. The summed E-state index contributed by atoms with van der Waals surface area (Å²) in [6.07, 6.45) is -0.402. The van der Waals surface area contributed by atoms with Crippen LogP contribution in [0.5, 0.6) is 11.5 Å². The van der Waals surface area contributed by atoms with Crippen molar-refractivity contribution in [3.63, 3.8) is 0 Å². The van der Waals surface area contributed by atoms with Gasteiger partial charge < -0.3 is 20.6 Å². The van der Waals surface area contributed by atoms with E-state index >= 15 is 0 Å². The summed E-state index contributed by atoms with van der Waals surface area (Å²) >= 11 is 0. The Balaban J connectivity index is 1.89. The lowest BCUT2D eigenvalue weighted by atomic mass is 9.99. The van der Waals surface area contributed by atoms with Crippen molar-refractivity contribution in [1.82, 2.24) is 5.32 Å². The van der Waals surface area contributed by atoms with Gasteiger partial charge in [-0.25, -0.2) is 4.79 Å². The molecule has 0 aliphatic carbocycles. The summed E-state index contributed by atoms with van der Waals surface area (Å²) in [5, 5.41) is 3.23. The summed E-state index contributed by atoms with van der Waals surface area (Å²) in [5.74, 6) is 0.844. The molecule has 0 saturated carbocycles. The maximum absolute atomic E-state index is 12.2. The maximum Gasteiger partial charge on any atom is 0.431 e. The number of ether oxygens (including phenoxy) is 1. The van der Waals surface area contributed by atoms with Gasteiger partial charge >= 0.3 is 6.09 Å². The number of carbonyl (C=O) groups is 2. The SMILES string of the molecule is CNC(=O)ON1C(=O)[C@@H](N)Cc2cc(Oc3ccccc3)ccc21. The van der Waals surface area contributed by atoms with E-state index in [2.05, 4.69) is 5.32 Å². The van der Waals surface area contributed by atoms with Gasteiger partial charge in [0.05, 0.1) is 11.7 Å². The second kappa shape index (κ2) is 6.59. The van der Waals surface area contributed by atoms with Gasteiger partial charge in [-0.1, -0.05) is 18.2 Å². The molecule has 3 N–H and O–H groups in total. The molecule has 1 atom stereocenters. The molecule has 1 aliphatic heterocycles. The fourth-order valence-corrected chi connectivity index (χ4v) is 2.43. The van der Waals surface area contributed by atoms with E-state index in [1.54, 1.807) is 18.2 Å². The van der Waals surface area contributed by atoms with Crippen LogP contribution in [0.1, 0.15) is 5.56 Å². The topological polar surface area (TPSA) is 93.9 Å². The van der Waals surface area contributed by atoms with E-state index in [-0.39, 0.29) is 0 Å². The summed E-state index contributed by atoms with van der Waals surface area (Å²) in [6.45, 7) is 0. The summed E-state index contributed by atoms with van der Waals surface area (Å²) in [5.41, 5.74) is 7.10. The second-order valence-corrected chi connectivity index (χ2v) is 5.28. The highest BCUT2D eigenvalue weighted by atomic mass is 16.7. The minimum Gasteiger partial charge on any atom is -0.457 e. The number of para-hydroxylation sites is 1. The molecule has 2 aromatic carbocycles. The highest BCUT2D eigenvalue weighted by Crippen LogP contribution is 2.32. The normalized spacial score (nSPS) is 16.3. The lowest BCUT2D eigenvalue weighted by Gasteiger charge is -2.30. The van der Waals surface area contributed by atoms with Crippen molar-refractivity contribution in [2.75, 3.05) is 12.1 Å². The quantitative estimate of drug-likeness (QED) is 0.899. The Labute approximate surface area is 138 Å². The standard InChI is InChI=1S/C17H17N3O4/c1-19-17(22)24-20-15-8-7-13(23-12-5-3-2-4-6-12)9-11(15)10-14(18)16(20)21/h2-9,14H,10,18H2,1H3,(H,19,22)/t14-/m0/s1. The molecule has 0 radical (unpaired) electrons. The molecule has 0 unspecified atom stereocenters. The molecule has 0 aromatic heterocycles. The van der Waals surface area contributed by atoms with Gasteiger partial charge in [-0.05, 0) is 42.3 Å². The van der Waals surface area contributed by atoms with Crippen LogP contribution in [0.2, 0.25) is 0 Å². The Kier molecular flexibility index (Phi) is 4.35. The lowest BCUT2D eigenvalue weighted by molar-refractivity contribution is -0.125. The number of anilines is 1. The summed E-state index contributed by atoms with van der Waals surface area (Å²) in [7, 11) is 1.41. The number of nitrogens with zero attached hydrogens (tertiary/aromatic N) is 1. The summed E-state index contributed by atoms with van der Waals surface area (Å²) < 4.78 is 5.78. The molecule has 7 nitrogen and oxygen atoms in total. The number of hydrogen-bond donors (Lipinski definition) is 2. The van der Waals surface area contributed by atoms with Crippen molar-refractivity contribution >= 4 is 17.7 Å². The van der Waals surface area contributed by atoms with E-state index in [0.717, 1.165) is 10.6 Å². The number of hydroxylamine groups is 1.